The highest BCUT2D eigenvalue weighted by Gasteiger charge is 2.23. The smallest absolute Gasteiger partial charge is 0.340 e. The number of amides is 1. The summed E-state index contributed by atoms with van der Waals surface area (Å²) in [5.41, 5.74) is 0.0217. The first-order valence-corrected chi connectivity index (χ1v) is 8.28. The normalized spacial score (nSPS) is 11.4. The van der Waals surface area contributed by atoms with E-state index in [0.29, 0.717) is 0 Å². The van der Waals surface area contributed by atoms with Gasteiger partial charge in [0.1, 0.15) is 5.75 Å². The summed E-state index contributed by atoms with van der Waals surface area (Å²) >= 11 is 11.8. The second kappa shape index (κ2) is 8.70. The van der Waals surface area contributed by atoms with Crippen molar-refractivity contribution in [2.75, 3.05) is 12.4 Å². The Balaban J connectivity index is 2.11. The van der Waals surface area contributed by atoms with Gasteiger partial charge in [-0.1, -0.05) is 29.3 Å². The van der Waals surface area contributed by atoms with Gasteiger partial charge < -0.3 is 14.8 Å². The Hall–Kier alpha value is -2.84. The molecule has 2 rings (SSSR count). The Bertz CT molecular complexity index is 903. The van der Waals surface area contributed by atoms with Gasteiger partial charge in [-0.25, -0.2) is 4.79 Å². The Morgan fingerprint density at radius 2 is 1.93 bits per heavy atom. The van der Waals surface area contributed by atoms with Crippen molar-refractivity contribution in [3.63, 3.8) is 0 Å². The number of non-ortho nitro benzene ring substituents is 1. The van der Waals surface area contributed by atoms with E-state index in [1.165, 1.54) is 44.4 Å². The second-order valence-electron chi connectivity index (χ2n) is 5.28. The molecule has 0 spiro atoms. The maximum Gasteiger partial charge on any atom is 0.340 e. The molecule has 0 fully saturated rings. The van der Waals surface area contributed by atoms with Gasteiger partial charge in [0.25, 0.3) is 11.6 Å². The highest BCUT2D eigenvalue weighted by atomic mass is 35.5. The molecule has 1 amide bonds. The van der Waals surface area contributed by atoms with Gasteiger partial charge in [-0.3, -0.25) is 14.9 Å². The average molecular weight is 413 g/mol. The zero-order chi connectivity index (χ0) is 20.1. The number of hydrogen-bond acceptors (Lipinski definition) is 6. The summed E-state index contributed by atoms with van der Waals surface area (Å²) < 4.78 is 10.1. The third-order valence-electron chi connectivity index (χ3n) is 3.48. The molecule has 0 unspecified atom stereocenters. The van der Waals surface area contributed by atoms with Crippen molar-refractivity contribution in [2.45, 2.75) is 13.0 Å². The van der Waals surface area contributed by atoms with E-state index in [-0.39, 0.29) is 32.7 Å². The van der Waals surface area contributed by atoms with Crippen LogP contribution in [0, 0.1) is 10.1 Å². The predicted octanol–water partition coefficient (Wildman–Crippen LogP) is 4.09. The van der Waals surface area contributed by atoms with E-state index in [0.717, 1.165) is 6.07 Å². The van der Waals surface area contributed by atoms with E-state index in [4.69, 9.17) is 32.7 Å². The molecular formula is C17H14Cl2N2O6. The number of carbonyl (C=O) groups excluding carboxylic acids is 2. The summed E-state index contributed by atoms with van der Waals surface area (Å²) in [6.07, 6.45) is -1.17. The molecule has 0 aliphatic carbocycles. The molecular weight excluding hydrogens is 399 g/mol. The van der Waals surface area contributed by atoms with Crippen LogP contribution in [0.3, 0.4) is 0 Å². The number of halogens is 2. The number of carbonyl (C=O) groups is 2. The fourth-order valence-electron chi connectivity index (χ4n) is 2.07. The first-order chi connectivity index (χ1) is 12.7. The minimum atomic E-state index is -1.17. The van der Waals surface area contributed by atoms with Crippen molar-refractivity contribution >= 4 is 46.5 Å². The van der Waals surface area contributed by atoms with Crippen LogP contribution in [0.2, 0.25) is 10.0 Å². The zero-order valence-corrected chi connectivity index (χ0v) is 15.7. The lowest BCUT2D eigenvalue weighted by Gasteiger charge is -2.15. The molecule has 0 heterocycles. The molecule has 0 aliphatic rings. The first-order valence-electron chi connectivity index (χ1n) is 7.53. The van der Waals surface area contributed by atoms with E-state index < -0.39 is 22.9 Å². The second-order valence-corrected chi connectivity index (χ2v) is 6.07. The molecule has 0 saturated carbocycles. The fourth-order valence-corrected chi connectivity index (χ4v) is 2.45. The lowest BCUT2D eigenvalue weighted by molar-refractivity contribution is -0.384. The molecule has 0 bridgehead atoms. The highest BCUT2D eigenvalue weighted by Crippen LogP contribution is 2.29. The van der Waals surface area contributed by atoms with Crippen LogP contribution in [-0.4, -0.2) is 30.0 Å². The monoisotopic (exact) mass is 412 g/mol. The van der Waals surface area contributed by atoms with Gasteiger partial charge in [0.05, 0.1) is 39.4 Å². The third-order valence-corrected chi connectivity index (χ3v) is 4.30. The Kier molecular flexibility index (Phi) is 6.59. The van der Waals surface area contributed by atoms with Crippen LogP contribution in [0.1, 0.15) is 17.3 Å². The Morgan fingerprint density at radius 1 is 1.22 bits per heavy atom. The van der Waals surface area contributed by atoms with Gasteiger partial charge in [-0.05, 0) is 25.1 Å². The number of ether oxygens (including phenoxy) is 2. The summed E-state index contributed by atoms with van der Waals surface area (Å²) in [5.74, 6) is -1.39. The molecule has 0 aromatic heterocycles. The summed E-state index contributed by atoms with van der Waals surface area (Å²) in [6, 6.07) is 8.14. The lowest BCUT2D eigenvalue weighted by Crippen LogP contribution is -2.30. The maximum absolute atomic E-state index is 12.3. The number of nitro groups is 1. The average Bonchev–Trinajstić information content (AvgIpc) is 2.63. The standard InChI is InChI=1S/C17H14Cl2N2O6/c1-9(27-17(23)11-4-3-5-12(18)15(11)19)16(22)20-13-7-6-10(21(24)25)8-14(13)26-2/h3-9H,1-2H3,(H,20,22)/t9-/m1/s1. The number of nitro benzene ring substituents is 1. The van der Waals surface area contributed by atoms with Crippen molar-refractivity contribution in [1.29, 1.82) is 0 Å². The van der Waals surface area contributed by atoms with Crippen molar-refractivity contribution < 1.29 is 24.0 Å². The molecule has 0 aliphatic heterocycles. The number of esters is 1. The van der Waals surface area contributed by atoms with Crippen LogP contribution >= 0.6 is 23.2 Å². The summed E-state index contributed by atoms with van der Waals surface area (Å²) in [5, 5.41) is 13.5. The van der Waals surface area contributed by atoms with Crippen molar-refractivity contribution in [2.24, 2.45) is 0 Å². The molecule has 8 nitrogen and oxygen atoms in total. The molecule has 27 heavy (non-hydrogen) atoms. The molecule has 10 heteroatoms. The number of anilines is 1. The maximum atomic E-state index is 12.3. The van der Waals surface area contributed by atoms with Gasteiger partial charge >= 0.3 is 5.97 Å². The Labute approximate surface area is 164 Å². The van der Waals surface area contributed by atoms with Gasteiger partial charge in [0.15, 0.2) is 6.10 Å². The van der Waals surface area contributed by atoms with E-state index in [2.05, 4.69) is 5.32 Å². The first kappa shape index (κ1) is 20.5. The molecule has 0 radical (unpaired) electrons. The molecule has 2 aromatic rings. The van der Waals surface area contributed by atoms with Gasteiger partial charge in [0.2, 0.25) is 0 Å². The topological polar surface area (TPSA) is 108 Å². The van der Waals surface area contributed by atoms with Crippen molar-refractivity contribution in [1.82, 2.24) is 0 Å². The number of methoxy groups -OCH3 is 1. The van der Waals surface area contributed by atoms with E-state index in [9.17, 15) is 19.7 Å². The number of benzene rings is 2. The van der Waals surface area contributed by atoms with Gasteiger partial charge in [-0.2, -0.15) is 0 Å². The molecule has 1 atom stereocenters. The van der Waals surface area contributed by atoms with Gasteiger partial charge in [-0.15, -0.1) is 0 Å². The van der Waals surface area contributed by atoms with Crippen LogP contribution in [-0.2, 0) is 9.53 Å². The van der Waals surface area contributed by atoms with Crippen LogP contribution in [0.4, 0.5) is 11.4 Å². The molecule has 2 aromatic carbocycles. The SMILES string of the molecule is COc1cc([N+](=O)[O-])ccc1NC(=O)[C@@H](C)OC(=O)c1cccc(Cl)c1Cl. The van der Waals surface area contributed by atoms with Crippen LogP contribution in [0.25, 0.3) is 0 Å². The lowest BCUT2D eigenvalue weighted by atomic mass is 10.2. The number of rotatable bonds is 6. The van der Waals surface area contributed by atoms with Crippen molar-refractivity contribution in [3.8, 4) is 5.75 Å². The van der Waals surface area contributed by atoms with Gasteiger partial charge in [0, 0.05) is 6.07 Å². The minimum Gasteiger partial charge on any atom is -0.494 e. The van der Waals surface area contributed by atoms with Crippen LogP contribution < -0.4 is 10.1 Å². The summed E-state index contributed by atoms with van der Waals surface area (Å²) in [7, 11) is 1.30. The van der Waals surface area contributed by atoms with E-state index in [1.54, 1.807) is 0 Å². The largest absolute Gasteiger partial charge is 0.494 e. The number of hydrogen-bond donors (Lipinski definition) is 1. The highest BCUT2D eigenvalue weighted by molar-refractivity contribution is 6.43. The van der Waals surface area contributed by atoms with E-state index >= 15 is 0 Å². The van der Waals surface area contributed by atoms with Crippen LogP contribution in [0.15, 0.2) is 36.4 Å². The number of nitrogens with one attached hydrogen (secondary N) is 1. The quantitative estimate of drug-likeness (QED) is 0.434. The molecule has 1 N–H and O–H groups in total. The summed E-state index contributed by atoms with van der Waals surface area (Å²) in [6.45, 7) is 1.36. The molecule has 0 saturated heterocycles. The van der Waals surface area contributed by atoms with Crippen LogP contribution in [0.5, 0.6) is 5.75 Å². The Morgan fingerprint density at radius 3 is 2.56 bits per heavy atom. The summed E-state index contributed by atoms with van der Waals surface area (Å²) in [4.78, 5) is 34.7. The molecule has 142 valence electrons. The zero-order valence-electron chi connectivity index (χ0n) is 14.2. The van der Waals surface area contributed by atoms with E-state index in [1.807, 2.05) is 0 Å². The minimum absolute atomic E-state index is 0.0220. The number of nitrogens with zero attached hydrogens (tertiary/aromatic N) is 1. The fraction of sp³-hybridized carbons (Fsp3) is 0.176. The third kappa shape index (κ3) is 4.87. The predicted molar refractivity (Wildman–Crippen MR) is 99.6 cm³/mol. The van der Waals surface area contributed by atoms with Crippen molar-refractivity contribution in [3.05, 3.63) is 62.1 Å².